The Morgan fingerprint density at radius 3 is 1.18 bits per heavy atom. The Balaban J connectivity index is 3.39. The third kappa shape index (κ3) is 43.7. The molecule has 7 N–H and O–H groups in total. The van der Waals surface area contributed by atoms with Crippen LogP contribution in [0.5, 0.6) is 0 Å². The number of nitrogens with two attached hydrogens (primary N) is 1. The summed E-state index contributed by atoms with van der Waals surface area (Å²) in [5.41, 5.74) is 5.39. The number of carbonyl (C=O) groups is 5. The van der Waals surface area contributed by atoms with Crippen LogP contribution < -0.4 is 32.3 Å². The molecule has 1 atom stereocenters. The van der Waals surface area contributed by atoms with Gasteiger partial charge in [0.1, 0.15) is 19.8 Å². The van der Waals surface area contributed by atoms with Gasteiger partial charge < -0.3 is 60.7 Å². The van der Waals surface area contributed by atoms with Crippen molar-refractivity contribution < 1.29 is 52.4 Å². The summed E-state index contributed by atoms with van der Waals surface area (Å²) in [4.78, 5) is 59.3. The molecule has 0 heterocycles. The van der Waals surface area contributed by atoms with Crippen molar-refractivity contribution in [3.8, 4) is 0 Å². The third-order valence-corrected chi connectivity index (χ3v) is 9.71. The summed E-state index contributed by atoms with van der Waals surface area (Å²) in [5, 5.41) is 14.0. The van der Waals surface area contributed by atoms with Crippen LogP contribution in [0.15, 0.2) is 0 Å². The number of hydrogen-bond acceptors (Lipinski definition) is 13. The largest absolute Gasteiger partial charge is 0.377 e. The maximum Gasteiger partial charge on any atom is 0.246 e. The molecular weight excluding hydrogens is 789 g/mol. The SMILES string of the molecule is CCCCCCCCCCCCCCCCCC(=O)NCCOCCOCC(=O)NCCOCCOCC(=O)NCCOCCOCC(=O)NCCCC[C@H](NC)C(=O)CN. The second-order valence-electron chi connectivity index (χ2n) is 15.1. The molecule has 0 fully saturated rings. The molecule has 0 rings (SSSR count). The first-order valence-electron chi connectivity index (χ1n) is 23.3. The van der Waals surface area contributed by atoms with E-state index < -0.39 is 0 Å². The van der Waals surface area contributed by atoms with E-state index in [-0.39, 0.29) is 101 Å². The van der Waals surface area contributed by atoms with Crippen LogP contribution in [0, 0.1) is 0 Å². The molecule has 17 heteroatoms. The van der Waals surface area contributed by atoms with Gasteiger partial charge in [0.05, 0.1) is 72.0 Å². The van der Waals surface area contributed by atoms with E-state index in [0.717, 1.165) is 25.7 Å². The van der Waals surface area contributed by atoms with Crippen molar-refractivity contribution in [2.45, 2.75) is 135 Å². The minimum absolute atomic E-state index is 0.0126. The maximum absolute atomic E-state index is 12.0. The number of carbonyl (C=O) groups excluding carboxylic acids is 5. The lowest BCUT2D eigenvalue weighted by Crippen LogP contribution is -2.38. The summed E-state index contributed by atoms with van der Waals surface area (Å²) in [6.45, 7) is 6.18. The van der Waals surface area contributed by atoms with E-state index in [4.69, 9.17) is 34.2 Å². The molecule has 0 aliphatic heterocycles. The molecule has 4 amide bonds. The van der Waals surface area contributed by atoms with Crippen molar-refractivity contribution >= 4 is 29.4 Å². The fraction of sp³-hybridized carbons (Fsp3) is 0.886. The Bertz CT molecular complexity index is 1060. The number of unbranched alkanes of at least 4 members (excludes halogenated alkanes) is 15. The number of hydrogen-bond donors (Lipinski definition) is 6. The van der Waals surface area contributed by atoms with E-state index in [1.807, 2.05) is 0 Å². The van der Waals surface area contributed by atoms with Crippen molar-refractivity contribution in [1.82, 2.24) is 26.6 Å². The Kier molecular flexibility index (Phi) is 44.6. The average molecular weight is 875 g/mol. The normalized spacial score (nSPS) is 11.7. The summed E-state index contributed by atoms with van der Waals surface area (Å²) in [7, 11) is 1.73. The molecule has 0 aromatic carbocycles. The summed E-state index contributed by atoms with van der Waals surface area (Å²) < 4.78 is 32.2. The van der Waals surface area contributed by atoms with E-state index in [1.54, 1.807) is 7.05 Å². The molecule has 0 aromatic rings. The van der Waals surface area contributed by atoms with Crippen LogP contribution in [0.1, 0.15) is 129 Å². The lowest BCUT2D eigenvalue weighted by atomic mass is 10.0. The zero-order chi connectivity index (χ0) is 44.7. The molecule has 0 saturated carbocycles. The number of ketones is 1. The highest BCUT2D eigenvalue weighted by Gasteiger charge is 2.13. The highest BCUT2D eigenvalue weighted by molar-refractivity contribution is 5.85. The standard InChI is InChI=1S/C44H86N6O11/c1-3-4-5-6-7-8-9-10-11-12-13-14-15-16-17-21-41(52)48-23-26-56-29-33-60-37-43(54)50-25-28-58-31-34-61-38-44(55)49-24-27-57-30-32-59-36-42(53)47-22-19-18-20-39(46-2)40(51)35-45/h39,46H,3-38,45H2,1-2H3,(H,47,53)(H,48,52)(H,49,55)(H,50,54)/t39-/m0/s1. The van der Waals surface area contributed by atoms with E-state index in [0.29, 0.717) is 58.8 Å². The van der Waals surface area contributed by atoms with Gasteiger partial charge in [-0.3, -0.25) is 24.0 Å². The first kappa shape index (κ1) is 58.2. The third-order valence-electron chi connectivity index (χ3n) is 9.71. The number of Topliss-reactive ketones (excluding diaryl/α,β-unsaturated/α-hetero) is 1. The molecular formula is C44H86N6O11. The predicted molar refractivity (Wildman–Crippen MR) is 237 cm³/mol. The number of likely N-dealkylation sites (N-methyl/N-ethyl adjacent to an activating group) is 1. The van der Waals surface area contributed by atoms with Gasteiger partial charge in [-0.25, -0.2) is 0 Å². The van der Waals surface area contributed by atoms with Gasteiger partial charge in [0.15, 0.2) is 5.78 Å². The first-order valence-corrected chi connectivity index (χ1v) is 23.3. The maximum atomic E-state index is 12.0. The summed E-state index contributed by atoms with van der Waals surface area (Å²) >= 11 is 0. The van der Waals surface area contributed by atoms with Crippen molar-refractivity contribution in [3.63, 3.8) is 0 Å². The summed E-state index contributed by atoms with van der Waals surface area (Å²) in [5.74, 6) is -0.723. The smallest absolute Gasteiger partial charge is 0.246 e. The van der Waals surface area contributed by atoms with Crippen LogP contribution in [-0.4, -0.2) is 155 Å². The van der Waals surface area contributed by atoms with Crippen molar-refractivity contribution in [2.75, 3.05) is 119 Å². The quantitative estimate of drug-likeness (QED) is 0.0484. The molecule has 61 heavy (non-hydrogen) atoms. The molecule has 0 spiro atoms. The molecule has 0 aliphatic carbocycles. The molecule has 17 nitrogen and oxygen atoms in total. The monoisotopic (exact) mass is 875 g/mol. The minimum Gasteiger partial charge on any atom is -0.377 e. The number of ether oxygens (including phenoxy) is 6. The topological polar surface area (TPSA) is 227 Å². The summed E-state index contributed by atoms with van der Waals surface area (Å²) in [6.07, 6.45) is 22.3. The number of amides is 4. The van der Waals surface area contributed by atoms with Crippen molar-refractivity contribution in [1.29, 1.82) is 0 Å². The predicted octanol–water partition coefficient (Wildman–Crippen LogP) is 3.10. The molecule has 0 aliphatic rings. The van der Waals surface area contributed by atoms with Crippen LogP contribution in [0.3, 0.4) is 0 Å². The highest BCUT2D eigenvalue weighted by Crippen LogP contribution is 2.13. The van der Waals surface area contributed by atoms with Gasteiger partial charge in [0.25, 0.3) is 0 Å². The highest BCUT2D eigenvalue weighted by atomic mass is 16.5. The second-order valence-corrected chi connectivity index (χ2v) is 15.1. The second kappa shape index (κ2) is 46.7. The van der Waals surface area contributed by atoms with E-state index in [1.165, 1.54) is 83.5 Å². The van der Waals surface area contributed by atoms with Crippen molar-refractivity contribution in [2.24, 2.45) is 5.73 Å². The molecule has 358 valence electrons. The van der Waals surface area contributed by atoms with Gasteiger partial charge >= 0.3 is 0 Å². The zero-order valence-corrected chi connectivity index (χ0v) is 38.1. The zero-order valence-electron chi connectivity index (χ0n) is 38.1. The van der Waals surface area contributed by atoms with Gasteiger partial charge in [-0.2, -0.15) is 0 Å². The molecule has 0 unspecified atom stereocenters. The van der Waals surface area contributed by atoms with Crippen molar-refractivity contribution in [3.05, 3.63) is 0 Å². The lowest BCUT2D eigenvalue weighted by molar-refractivity contribution is -0.127. The van der Waals surface area contributed by atoms with Gasteiger partial charge in [0, 0.05) is 32.6 Å². The fourth-order valence-electron chi connectivity index (χ4n) is 6.15. The fourth-order valence-corrected chi connectivity index (χ4v) is 6.15. The lowest BCUT2D eigenvalue weighted by Gasteiger charge is -2.13. The van der Waals surface area contributed by atoms with Gasteiger partial charge in [-0.1, -0.05) is 96.8 Å². The van der Waals surface area contributed by atoms with Crippen LogP contribution in [0.2, 0.25) is 0 Å². The van der Waals surface area contributed by atoms with Crippen LogP contribution >= 0.6 is 0 Å². The van der Waals surface area contributed by atoms with E-state index in [9.17, 15) is 24.0 Å². The Morgan fingerprint density at radius 2 is 0.787 bits per heavy atom. The van der Waals surface area contributed by atoms with Crippen LogP contribution in [0.4, 0.5) is 0 Å². The van der Waals surface area contributed by atoms with Gasteiger partial charge in [0.2, 0.25) is 23.6 Å². The van der Waals surface area contributed by atoms with Gasteiger partial charge in [-0.05, 0) is 32.7 Å². The summed E-state index contributed by atoms with van der Waals surface area (Å²) in [6, 6.07) is -0.250. The molecule has 0 radical (unpaired) electrons. The van der Waals surface area contributed by atoms with Crippen LogP contribution in [0.25, 0.3) is 0 Å². The Hall–Kier alpha value is -2.77. The Morgan fingerprint density at radius 1 is 0.426 bits per heavy atom. The number of rotatable bonds is 48. The minimum atomic E-state index is -0.283. The Labute approximate surface area is 367 Å². The van der Waals surface area contributed by atoms with Gasteiger partial charge in [-0.15, -0.1) is 0 Å². The molecule has 0 aromatic heterocycles. The molecule has 0 saturated heterocycles. The van der Waals surface area contributed by atoms with Crippen LogP contribution in [-0.2, 0) is 52.4 Å². The van der Waals surface area contributed by atoms with E-state index >= 15 is 0 Å². The first-order chi connectivity index (χ1) is 29.8. The number of nitrogens with one attached hydrogen (secondary N) is 5. The van der Waals surface area contributed by atoms with E-state index in [2.05, 4.69) is 33.5 Å². The average Bonchev–Trinajstić information content (AvgIpc) is 3.25. The molecule has 0 bridgehead atoms.